The first-order chi connectivity index (χ1) is 43.4. The van der Waals surface area contributed by atoms with Crippen LogP contribution in [0.3, 0.4) is 0 Å². The number of esters is 2. The lowest BCUT2D eigenvalue weighted by molar-refractivity contribution is -0.439. The highest BCUT2D eigenvalue weighted by Crippen LogP contribution is 2.53. The molecule has 11 rings (SSSR count). The molecule has 32 nitrogen and oxygen atoms in total. The molecule has 8 N–H and O–H groups in total. The molecule has 2 unspecified atom stereocenters. The quantitative estimate of drug-likeness (QED) is 0.100. The Kier molecular flexibility index (Phi) is 20.9. The van der Waals surface area contributed by atoms with Gasteiger partial charge < -0.3 is 145 Å². The Labute approximate surface area is 538 Å². The third-order valence-electron chi connectivity index (χ3n) is 18.9. The number of aliphatic hydroxyl groups is 6. The Bertz CT molecular complexity index is 2740. The van der Waals surface area contributed by atoms with Crippen molar-refractivity contribution in [3.8, 4) is 11.5 Å². The number of phenols is 2. The number of aliphatic hydroxyl groups excluding tert-OH is 5. The van der Waals surface area contributed by atoms with E-state index in [1.54, 1.807) is 27.7 Å². The number of halogens is 2. The van der Waals surface area contributed by atoms with E-state index >= 15 is 0 Å². The molecule has 0 saturated carbocycles. The van der Waals surface area contributed by atoms with E-state index < -0.39 is 229 Å². The van der Waals surface area contributed by atoms with Gasteiger partial charge in [-0.3, -0.25) is 4.79 Å². The van der Waals surface area contributed by atoms with Gasteiger partial charge in [0.1, 0.15) is 102 Å². The summed E-state index contributed by atoms with van der Waals surface area (Å²) in [6, 6.07) is 0. The third kappa shape index (κ3) is 12.7. The normalized spacial score (nSPS) is 48.8. The number of rotatable bonds is 16. The van der Waals surface area contributed by atoms with E-state index in [1.165, 1.54) is 55.9 Å². The van der Waals surface area contributed by atoms with E-state index in [4.69, 9.17) is 127 Å². The Balaban J connectivity index is 0.715. The van der Waals surface area contributed by atoms with Crippen LogP contribution >= 0.6 is 23.2 Å². The predicted molar refractivity (Wildman–Crippen MR) is 300 cm³/mol. The first kappa shape index (κ1) is 70.6. The average Bonchev–Trinajstić information content (AvgIpc) is 1.53. The van der Waals surface area contributed by atoms with Gasteiger partial charge in [0, 0.05) is 41.1 Å². The maximum Gasteiger partial charge on any atom is 0.342 e. The second-order valence-corrected chi connectivity index (χ2v) is 26.0. The number of hydrogen-bond donors (Lipinski definition) is 8. The van der Waals surface area contributed by atoms with Crippen LogP contribution in [0.4, 0.5) is 0 Å². The molecule has 10 aliphatic heterocycles. The van der Waals surface area contributed by atoms with Gasteiger partial charge >= 0.3 is 17.9 Å². The van der Waals surface area contributed by atoms with Crippen molar-refractivity contribution in [2.45, 2.75) is 277 Å². The van der Waals surface area contributed by atoms with Crippen LogP contribution in [0.2, 0.25) is 10.0 Å². The summed E-state index contributed by atoms with van der Waals surface area (Å²) < 4.78 is 136. The van der Waals surface area contributed by atoms with Crippen molar-refractivity contribution in [3.63, 3.8) is 0 Å². The summed E-state index contributed by atoms with van der Waals surface area (Å²) in [4.78, 5) is 26.1. The summed E-state index contributed by atoms with van der Waals surface area (Å²) in [7, 11) is 4.09. The van der Waals surface area contributed by atoms with Gasteiger partial charge in [0.05, 0.1) is 73.5 Å². The fourth-order valence-corrected chi connectivity index (χ4v) is 14.8. The fourth-order valence-electron chi connectivity index (χ4n) is 14.4. The van der Waals surface area contributed by atoms with Crippen LogP contribution in [0, 0.1) is 6.92 Å². The summed E-state index contributed by atoms with van der Waals surface area (Å²) in [5.41, 5.74) is -3.54. The number of aromatic hydroxyl groups is 2. The van der Waals surface area contributed by atoms with Crippen LogP contribution in [0.15, 0.2) is 0 Å². The molecule has 2 spiro atoms. The molecule has 0 aromatic heterocycles. The molecular formula is C58H84Cl2O32. The number of carbonyl (C=O) groups is 2. The van der Waals surface area contributed by atoms with Gasteiger partial charge in [-0.15, -0.1) is 0 Å². The molecule has 10 fully saturated rings. The van der Waals surface area contributed by atoms with Crippen molar-refractivity contribution >= 4 is 35.1 Å². The third-order valence-corrected chi connectivity index (χ3v) is 19.8. The number of phenolic OH excluding ortho intramolecular Hbond substituents is 2. The van der Waals surface area contributed by atoms with Crippen LogP contribution < -0.4 is 0 Å². The van der Waals surface area contributed by atoms with Crippen molar-refractivity contribution in [1.82, 2.24) is 0 Å². The first-order valence-corrected chi connectivity index (χ1v) is 31.3. The standard InChI is InChI=1S/C58H84Cl2O32/c1-19-33(36(65)35(60)37(66)34(19)59)51(69)84-40-20(2)77-31(13-27(40)63)82-41-22(4)87-56(14-28(41)64)91-48-23(5)78-32(15-55(48,9)92-56)83-45-39(68)52(79-21(3)42(45)72-11)85-43-29(16-71-10)81-54(46(73-12)38(43)67)86-53-47(80-26(8)62)44-30(17-74-53)89-58(90-44)50-49(75-18-76-50)57(70,24(6)61)25(7)88-58/h20-25,27-32,38-50,52-54,61,63-68,70H,13-18H2,1-12H3/t20-,21-,22-,23-,24?,25-,27-,28-,29-,30+,31+,32+,38+,39-,40-,41-,42+,43-,44-,45-,46+,47-,48-,49-,50-,52+,53-,54+,55-,56?,57+,58-/m1/s1. The molecule has 1 aromatic carbocycles. The van der Waals surface area contributed by atoms with E-state index in [9.17, 15) is 50.4 Å². The summed E-state index contributed by atoms with van der Waals surface area (Å²) in [5, 5.41) is 89.5. The largest absolute Gasteiger partial charge is 0.505 e. The summed E-state index contributed by atoms with van der Waals surface area (Å²) in [6.45, 7) is 13.1. The van der Waals surface area contributed by atoms with Crippen LogP contribution in [-0.2, 0) is 109 Å². The van der Waals surface area contributed by atoms with E-state index in [-0.39, 0.29) is 49.9 Å². The second kappa shape index (κ2) is 27.2. The van der Waals surface area contributed by atoms with E-state index in [1.807, 2.05) is 0 Å². The summed E-state index contributed by atoms with van der Waals surface area (Å²) in [6.07, 6.45) is -33.9. The molecule has 522 valence electrons. The van der Waals surface area contributed by atoms with Crippen LogP contribution in [-0.4, -0.2) is 289 Å². The smallest absolute Gasteiger partial charge is 0.342 e. The molecule has 0 radical (unpaired) electrons. The van der Waals surface area contributed by atoms with Gasteiger partial charge in [0.2, 0.25) is 6.29 Å². The highest BCUT2D eigenvalue weighted by molar-refractivity contribution is 6.39. The highest BCUT2D eigenvalue weighted by Gasteiger charge is 2.73. The number of carbonyl (C=O) groups excluding carboxylic acids is 2. The lowest BCUT2D eigenvalue weighted by Crippen LogP contribution is -2.72. The molecule has 10 aliphatic rings. The molecule has 32 atom stereocenters. The van der Waals surface area contributed by atoms with Gasteiger partial charge in [-0.2, -0.15) is 0 Å². The number of methoxy groups -OCH3 is 3. The van der Waals surface area contributed by atoms with Gasteiger partial charge in [-0.25, -0.2) is 4.79 Å². The molecule has 34 heteroatoms. The van der Waals surface area contributed by atoms with Gasteiger partial charge in [0.25, 0.3) is 5.97 Å². The zero-order chi connectivity index (χ0) is 66.6. The van der Waals surface area contributed by atoms with Gasteiger partial charge in [-0.1, -0.05) is 23.2 Å². The Morgan fingerprint density at radius 2 is 1.34 bits per heavy atom. The SMILES string of the molecule is COC[C@H]1O[C@@H](O[C@H]2OC[C@@H]3O[C@]4(O[C@H]3[C@H]2OC(C)=O)O[C@H](C)[C@@](O)(C(C)O)[C@@H]2OCO[C@H]24)[C@@H](OC)[C@@H](O)[C@@H]1O[C@@H]1O[C@H](C)[C@H](OC)[C@H](O[C@H]2C[C@@]3(C)OC4(C[C@@H](O)[C@H](O[C@H]5C[C@@H](O)[C@H](OC(=O)c6c(C)c(Cl)c(O)c(Cl)c6O)[C@@H](C)O5)[C@@H](C)O4)O[C@@H]3[C@@H](C)O2)[C@H]1O. The minimum absolute atomic E-state index is 0.000519. The topological polar surface area (TPSA) is 399 Å². The van der Waals surface area contributed by atoms with Crippen molar-refractivity contribution in [2.75, 3.05) is 41.3 Å². The molecule has 1 aromatic rings. The molecule has 92 heavy (non-hydrogen) atoms. The van der Waals surface area contributed by atoms with Crippen molar-refractivity contribution in [3.05, 3.63) is 21.2 Å². The molecule has 10 heterocycles. The van der Waals surface area contributed by atoms with Crippen molar-refractivity contribution in [2.24, 2.45) is 0 Å². The minimum atomic E-state index is -2.02. The molecule has 0 aliphatic carbocycles. The summed E-state index contributed by atoms with van der Waals surface area (Å²) in [5.74, 6) is -7.04. The Hall–Kier alpha value is -2.70. The maximum absolute atomic E-state index is 13.3. The number of fused-ring (bicyclic) bond motifs is 4. The summed E-state index contributed by atoms with van der Waals surface area (Å²) >= 11 is 12.1. The molecule has 0 amide bonds. The molecule has 10 saturated heterocycles. The van der Waals surface area contributed by atoms with Crippen molar-refractivity contribution < 1.29 is 155 Å². The van der Waals surface area contributed by atoms with Gasteiger partial charge in [0.15, 0.2) is 55.0 Å². The van der Waals surface area contributed by atoms with E-state index in [2.05, 4.69) is 0 Å². The monoisotopic (exact) mass is 1360 g/mol. The highest BCUT2D eigenvalue weighted by atomic mass is 35.5. The van der Waals surface area contributed by atoms with Gasteiger partial charge in [-0.05, 0) is 61.0 Å². The predicted octanol–water partition coefficient (Wildman–Crippen LogP) is -0.0953. The lowest BCUT2D eigenvalue weighted by Gasteiger charge is -2.51. The van der Waals surface area contributed by atoms with Crippen LogP contribution in [0.1, 0.15) is 90.6 Å². The first-order valence-electron chi connectivity index (χ1n) is 30.5. The number of ether oxygens (including phenoxy) is 22. The maximum atomic E-state index is 13.3. The zero-order valence-corrected chi connectivity index (χ0v) is 54.1. The molecular weight excluding hydrogens is 1280 g/mol. The minimum Gasteiger partial charge on any atom is -0.505 e. The number of hydrogen-bond acceptors (Lipinski definition) is 32. The Morgan fingerprint density at radius 3 is 2.00 bits per heavy atom. The van der Waals surface area contributed by atoms with Crippen LogP contribution in [0.5, 0.6) is 11.5 Å². The number of benzene rings is 1. The van der Waals surface area contributed by atoms with Crippen molar-refractivity contribution in [1.29, 1.82) is 0 Å². The average molecular weight is 1360 g/mol. The lowest BCUT2D eigenvalue weighted by atomic mass is 9.80. The second-order valence-electron chi connectivity index (χ2n) is 25.2. The molecule has 0 bridgehead atoms. The fraction of sp³-hybridized carbons (Fsp3) is 0.862. The van der Waals surface area contributed by atoms with E-state index in [0.29, 0.717) is 0 Å². The Morgan fingerprint density at radius 1 is 0.652 bits per heavy atom. The van der Waals surface area contributed by atoms with E-state index in [0.717, 1.165) is 0 Å². The van der Waals surface area contributed by atoms with Crippen LogP contribution in [0.25, 0.3) is 0 Å². The zero-order valence-electron chi connectivity index (χ0n) is 52.5.